The van der Waals surface area contributed by atoms with Crippen LogP contribution in [0.1, 0.15) is 18.2 Å². The number of anilines is 1. The van der Waals surface area contributed by atoms with Gasteiger partial charge in [0.15, 0.2) is 17.5 Å². The van der Waals surface area contributed by atoms with E-state index in [1.807, 2.05) is 0 Å². The maximum Gasteiger partial charge on any atom is 0.243 e. The monoisotopic (exact) mass is 463 g/mol. The van der Waals surface area contributed by atoms with Crippen molar-refractivity contribution in [2.45, 2.75) is 32.1 Å². The molecule has 3 heterocycles. The molecule has 0 fully saturated rings. The van der Waals surface area contributed by atoms with E-state index in [-0.39, 0.29) is 45.4 Å². The van der Waals surface area contributed by atoms with Gasteiger partial charge < -0.3 is 11.1 Å². The van der Waals surface area contributed by atoms with Crippen molar-refractivity contribution in [3.05, 3.63) is 45.3 Å². The highest BCUT2D eigenvalue weighted by Gasteiger charge is 2.25. The van der Waals surface area contributed by atoms with Crippen LogP contribution in [-0.4, -0.2) is 36.8 Å². The minimum Gasteiger partial charge on any atom is -0.362 e. The average Bonchev–Trinajstić information content (AvgIpc) is 2.85. The molecule has 3 rings (SSSR count). The molecule has 0 saturated heterocycles. The third-order valence-corrected chi connectivity index (χ3v) is 4.90. The molecule has 2 atom stereocenters. The summed E-state index contributed by atoms with van der Waals surface area (Å²) in [6.45, 7) is 1.21. The van der Waals surface area contributed by atoms with E-state index in [0.29, 0.717) is 0 Å². The quantitative estimate of drug-likeness (QED) is 0.582. The molecule has 0 unspecified atom stereocenters. The van der Waals surface area contributed by atoms with Crippen LogP contribution in [0.15, 0.2) is 17.1 Å². The van der Waals surface area contributed by atoms with Crippen molar-refractivity contribution >= 4 is 38.9 Å². The number of nitrogens with one attached hydrogen (secondary N) is 1. The van der Waals surface area contributed by atoms with Crippen LogP contribution in [0.25, 0.3) is 5.52 Å². The van der Waals surface area contributed by atoms with Gasteiger partial charge in [0.25, 0.3) is 0 Å². The molecule has 3 aromatic rings. The third kappa shape index (κ3) is 3.99. The topological polar surface area (TPSA) is 94.0 Å². The van der Waals surface area contributed by atoms with Crippen LogP contribution in [0, 0.1) is 11.6 Å². The first-order chi connectivity index (χ1) is 12.8. The first-order valence-corrected chi connectivity index (χ1v) is 8.96. The van der Waals surface area contributed by atoms with Gasteiger partial charge in [0.05, 0.1) is 18.4 Å². The second-order valence-corrected chi connectivity index (χ2v) is 6.88. The summed E-state index contributed by atoms with van der Waals surface area (Å²) in [4.78, 5) is 11.3. The van der Waals surface area contributed by atoms with Crippen LogP contribution in [0.3, 0.4) is 0 Å². The fourth-order valence-electron chi connectivity index (χ4n) is 2.43. The maximum atomic E-state index is 15.0. The van der Waals surface area contributed by atoms with Gasteiger partial charge in [0.2, 0.25) is 5.28 Å². The summed E-state index contributed by atoms with van der Waals surface area (Å²) in [6, 6.07) is -0.900. The number of nitrogens with two attached hydrogens (primary N) is 1. The summed E-state index contributed by atoms with van der Waals surface area (Å²) in [7, 11) is 0. The molecule has 7 nitrogen and oxygen atoms in total. The zero-order chi connectivity index (χ0) is 19.7. The molecule has 0 saturated carbocycles. The van der Waals surface area contributed by atoms with Crippen molar-refractivity contribution in [3.8, 4) is 0 Å². The first-order valence-electron chi connectivity index (χ1n) is 7.79. The molecule has 0 radical (unpaired) electrons. The highest BCUT2D eigenvalue weighted by atomic mass is 79.9. The minimum absolute atomic E-state index is 0.0272. The van der Waals surface area contributed by atoms with Crippen molar-refractivity contribution < 1.29 is 13.2 Å². The number of hydrogen-bond acceptors (Lipinski definition) is 6. The number of fused-ring (bicyclic) bond motifs is 1. The summed E-state index contributed by atoms with van der Waals surface area (Å²) in [6.07, 6.45) is 0.811. The number of rotatable bonds is 6. The Balaban J connectivity index is 2.01. The minimum atomic E-state index is -1.33. The number of aromatic nitrogens is 5. The van der Waals surface area contributed by atoms with Gasteiger partial charge in [-0.2, -0.15) is 4.98 Å². The summed E-state index contributed by atoms with van der Waals surface area (Å²) in [5, 5.41) is 6.57. The highest BCUT2D eigenvalue weighted by Crippen LogP contribution is 2.32. The number of alkyl halides is 1. The predicted molar refractivity (Wildman–Crippen MR) is 97.2 cm³/mol. The van der Waals surface area contributed by atoms with Gasteiger partial charge >= 0.3 is 0 Å². The van der Waals surface area contributed by atoms with Gasteiger partial charge in [0.1, 0.15) is 22.6 Å². The van der Waals surface area contributed by atoms with Gasteiger partial charge in [-0.3, -0.25) is 0 Å². The van der Waals surface area contributed by atoms with Gasteiger partial charge in [-0.1, -0.05) is 0 Å². The molecule has 144 valence electrons. The molecule has 0 aliphatic heterocycles. The Hall–Kier alpha value is -1.98. The number of hydrogen-bond donors (Lipinski definition) is 2. The lowest BCUT2D eigenvalue weighted by Crippen LogP contribution is -2.32. The lowest BCUT2D eigenvalue weighted by molar-refractivity contribution is 0.302. The van der Waals surface area contributed by atoms with Crippen LogP contribution in [0.4, 0.5) is 19.0 Å². The van der Waals surface area contributed by atoms with Crippen molar-refractivity contribution in [3.63, 3.8) is 0 Å². The van der Waals surface area contributed by atoms with Crippen molar-refractivity contribution in [2.75, 3.05) is 5.32 Å². The molecular weight excluding hydrogens is 451 g/mol. The average molecular weight is 465 g/mol. The summed E-state index contributed by atoms with van der Waals surface area (Å²) in [5.41, 5.74) is 5.89. The SMILES string of the molecule is C[C@H](F)[C@H](N)Cc1c(F)c2c(NCc3ncncc3F)nc(Cl)nn2c1Br. The Labute approximate surface area is 165 Å². The smallest absolute Gasteiger partial charge is 0.243 e. The molecule has 0 aromatic carbocycles. The third-order valence-electron chi connectivity index (χ3n) is 3.93. The first kappa shape index (κ1) is 19.8. The van der Waals surface area contributed by atoms with E-state index in [1.54, 1.807) is 0 Å². The van der Waals surface area contributed by atoms with Gasteiger partial charge in [0, 0.05) is 11.6 Å². The second kappa shape index (κ2) is 7.95. The van der Waals surface area contributed by atoms with E-state index in [0.717, 1.165) is 6.20 Å². The zero-order valence-corrected chi connectivity index (χ0v) is 16.3. The van der Waals surface area contributed by atoms with Crippen LogP contribution < -0.4 is 11.1 Å². The van der Waals surface area contributed by atoms with E-state index in [9.17, 15) is 8.78 Å². The molecule has 0 aliphatic carbocycles. The Morgan fingerprint density at radius 1 is 1.41 bits per heavy atom. The number of halogens is 5. The van der Waals surface area contributed by atoms with E-state index in [4.69, 9.17) is 17.3 Å². The predicted octanol–water partition coefficient (Wildman–Crippen LogP) is 3.05. The fraction of sp³-hybridized carbons (Fsp3) is 0.333. The van der Waals surface area contributed by atoms with Crippen molar-refractivity contribution in [1.82, 2.24) is 24.6 Å². The molecule has 0 bridgehead atoms. The standard InChI is InChI=1S/C15H14BrClF3N7/c1-6(18)9(21)2-7-11(20)12-14(25-15(17)26-27(12)13(7)16)23-4-10-8(19)3-22-5-24-10/h3,5-6,9H,2,4,21H2,1H3,(H,23,25,26)/t6-,9+/m0/s1. The van der Waals surface area contributed by atoms with Gasteiger partial charge in [-0.25, -0.2) is 27.7 Å². The van der Waals surface area contributed by atoms with E-state index in [2.05, 4.69) is 41.3 Å². The molecule has 3 aromatic heterocycles. The Bertz CT molecular complexity index is 982. The summed E-state index contributed by atoms with van der Waals surface area (Å²) >= 11 is 9.16. The zero-order valence-electron chi connectivity index (χ0n) is 13.9. The molecule has 0 aliphatic rings. The maximum absolute atomic E-state index is 15.0. The molecule has 3 N–H and O–H groups in total. The van der Waals surface area contributed by atoms with Gasteiger partial charge in [-0.15, -0.1) is 5.10 Å². The molecular formula is C15H14BrClF3N7. The second-order valence-electron chi connectivity index (χ2n) is 5.79. The molecule has 12 heteroatoms. The summed E-state index contributed by atoms with van der Waals surface area (Å²) in [5.74, 6) is -1.28. The fourth-order valence-corrected chi connectivity index (χ4v) is 3.18. The van der Waals surface area contributed by atoms with E-state index < -0.39 is 23.8 Å². The van der Waals surface area contributed by atoms with Gasteiger partial charge in [-0.05, 0) is 40.9 Å². The Morgan fingerprint density at radius 3 is 2.81 bits per heavy atom. The lowest BCUT2D eigenvalue weighted by Gasteiger charge is -2.11. The Kier molecular flexibility index (Phi) is 5.82. The van der Waals surface area contributed by atoms with Crippen LogP contribution in [0.5, 0.6) is 0 Å². The van der Waals surface area contributed by atoms with E-state index >= 15 is 4.39 Å². The number of nitrogens with zero attached hydrogens (tertiary/aromatic N) is 5. The van der Waals surface area contributed by atoms with Crippen molar-refractivity contribution in [2.24, 2.45) is 5.73 Å². The molecule has 0 amide bonds. The lowest BCUT2D eigenvalue weighted by atomic mass is 10.1. The van der Waals surface area contributed by atoms with Crippen LogP contribution in [-0.2, 0) is 13.0 Å². The van der Waals surface area contributed by atoms with Crippen molar-refractivity contribution in [1.29, 1.82) is 0 Å². The largest absolute Gasteiger partial charge is 0.362 e. The summed E-state index contributed by atoms with van der Waals surface area (Å²) < 4.78 is 43.6. The Morgan fingerprint density at radius 2 is 2.15 bits per heavy atom. The molecule has 27 heavy (non-hydrogen) atoms. The van der Waals surface area contributed by atoms with E-state index in [1.165, 1.54) is 17.8 Å². The molecule has 0 spiro atoms. The van der Waals surface area contributed by atoms with Crippen LogP contribution >= 0.6 is 27.5 Å². The van der Waals surface area contributed by atoms with Crippen LogP contribution in [0.2, 0.25) is 5.28 Å². The highest BCUT2D eigenvalue weighted by molar-refractivity contribution is 9.10. The normalized spacial score (nSPS) is 13.7.